The minimum Gasteiger partial charge on any atom is -0.497 e. The highest BCUT2D eigenvalue weighted by Crippen LogP contribution is 2.28. The molecule has 1 aliphatic rings. The molecule has 2 heterocycles. The number of ether oxygens (including phenoxy) is 2. The number of H-pyrrole nitrogens is 1. The summed E-state index contributed by atoms with van der Waals surface area (Å²) in [6.07, 6.45) is -5.11. The normalized spacial score (nSPS) is 21.2. The highest BCUT2D eigenvalue weighted by Gasteiger charge is 2.48. The van der Waals surface area contributed by atoms with Crippen molar-refractivity contribution in [3.05, 3.63) is 98.8 Å². The third kappa shape index (κ3) is 6.42. The first-order valence-corrected chi connectivity index (χ1v) is 12.2. The lowest BCUT2D eigenvalue weighted by atomic mass is 10.0. The third-order valence-corrected chi connectivity index (χ3v) is 6.45. The van der Waals surface area contributed by atoms with Gasteiger partial charge in [-0.05, 0) is 23.3 Å². The van der Waals surface area contributed by atoms with Gasteiger partial charge in [0.15, 0.2) is 12.3 Å². The van der Waals surface area contributed by atoms with Crippen LogP contribution in [0.1, 0.15) is 17.4 Å². The van der Waals surface area contributed by atoms with E-state index >= 15 is 0 Å². The number of hydrogen-bond acceptors (Lipinski definition) is 8. The number of likely N-dealkylation sites (N-methyl/N-ethyl adjacent to an activating group) is 1. The molecule has 1 aliphatic heterocycles. The zero-order chi connectivity index (χ0) is 28.1. The highest BCUT2D eigenvalue weighted by molar-refractivity contribution is 5.90. The van der Waals surface area contributed by atoms with E-state index in [9.17, 15) is 29.4 Å². The molecule has 1 aromatic heterocycles. The second kappa shape index (κ2) is 12.1. The average Bonchev–Trinajstić information content (AvgIpc) is 3.22. The maximum absolute atomic E-state index is 13.5. The van der Waals surface area contributed by atoms with E-state index < -0.39 is 53.6 Å². The number of aromatic amines is 1. The molecule has 39 heavy (non-hydrogen) atoms. The molecule has 0 spiro atoms. The lowest BCUT2D eigenvalue weighted by Gasteiger charge is -2.26. The van der Waals surface area contributed by atoms with Crippen LogP contribution in [-0.2, 0) is 27.3 Å². The fraction of sp³-hybridized carbons (Fsp3) is 0.333. The summed E-state index contributed by atoms with van der Waals surface area (Å²) < 4.78 is 11.7. The number of methoxy groups -OCH3 is 1. The number of aromatic nitrogens is 2. The number of aliphatic hydroxyl groups excluding tert-OH is 2. The van der Waals surface area contributed by atoms with E-state index in [1.165, 1.54) is 4.90 Å². The van der Waals surface area contributed by atoms with Crippen LogP contribution in [0, 0.1) is 0 Å². The third-order valence-electron chi connectivity index (χ3n) is 6.45. The fourth-order valence-electron chi connectivity index (χ4n) is 4.43. The summed E-state index contributed by atoms with van der Waals surface area (Å²) in [5.74, 6) is -0.591. The molecule has 0 aliphatic carbocycles. The quantitative estimate of drug-likeness (QED) is 0.285. The Balaban J connectivity index is 1.53. The first-order chi connectivity index (χ1) is 18.7. The molecule has 4 N–H and O–H groups in total. The molecule has 1 fully saturated rings. The number of carbonyl (C=O) groups is 2. The van der Waals surface area contributed by atoms with Crippen LogP contribution in [0.4, 0.5) is 0 Å². The predicted octanol–water partition coefficient (Wildman–Crippen LogP) is -0.449. The van der Waals surface area contributed by atoms with Crippen LogP contribution in [0.5, 0.6) is 5.75 Å². The van der Waals surface area contributed by atoms with E-state index in [0.717, 1.165) is 28.0 Å². The molecule has 4 rings (SSSR count). The van der Waals surface area contributed by atoms with Crippen LogP contribution < -0.4 is 21.3 Å². The van der Waals surface area contributed by atoms with Gasteiger partial charge in [0.05, 0.1) is 7.11 Å². The van der Waals surface area contributed by atoms with Crippen LogP contribution in [-0.4, -0.2) is 75.0 Å². The van der Waals surface area contributed by atoms with Crippen LogP contribution >= 0.6 is 0 Å². The van der Waals surface area contributed by atoms with Gasteiger partial charge in [0.2, 0.25) is 5.91 Å². The Morgan fingerprint density at radius 1 is 1.08 bits per heavy atom. The first-order valence-electron chi connectivity index (χ1n) is 12.2. The minimum atomic E-state index is -1.70. The SMILES string of the molecule is COc1cccc(CN(C)C(=O)[C@@H](Cc2ccccc2)NC(=O)[C@H]2O[C@@H](n3ccc(=O)[nH]c3=O)[C@H](O)[C@@H]2O)c1. The van der Waals surface area contributed by atoms with Crippen molar-refractivity contribution in [2.24, 2.45) is 0 Å². The average molecular weight is 539 g/mol. The molecule has 0 radical (unpaired) electrons. The molecule has 2 amide bonds. The van der Waals surface area contributed by atoms with Gasteiger partial charge in [0.25, 0.3) is 11.5 Å². The van der Waals surface area contributed by atoms with Gasteiger partial charge in [-0.15, -0.1) is 0 Å². The van der Waals surface area contributed by atoms with Gasteiger partial charge in [-0.3, -0.25) is 23.9 Å². The molecule has 12 nitrogen and oxygen atoms in total. The van der Waals surface area contributed by atoms with Gasteiger partial charge < -0.3 is 29.9 Å². The molecule has 206 valence electrons. The first kappa shape index (κ1) is 27.8. The lowest BCUT2D eigenvalue weighted by Crippen LogP contribution is -2.53. The van der Waals surface area contributed by atoms with Crippen molar-refractivity contribution in [2.75, 3.05) is 14.2 Å². The Morgan fingerprint density at radius 2 is 1.79 bits per heavy atom. The van der Waals surface area contributed by atoms with Crippen molar-refractivity contribution in [1.29, 1.82) is 0 Å². The number of rotatable bonds is 9. The maximum Gasteiger partial charge on any atom is 0.330 e. The topological polar surface area (TPSA) is 163 Å². The van der Waals surface area contributed by atoms with Crippen LogP contribution in [0.3, 0.4) is 0 Å². The van der Waals surface area contributed by atoms with Gasteiger partial charge in [-0.25, -0.2) is 4.79 Å². The zero-order valence-electron chi connectivity index (χ0n) is 21.4. The molecule has 0 unspecified atom stereocenters. The Bertz CT molecular complexity index is 1420. The Hall–Kier alpha value is -4.26. The molecule has 1 saturated heterocycles. The molecule has 12 heteroatoms. The summed E-state index contributed by atoms with van der Waals surface area (Å²) in [5, 5.41) is 23.7. The number of benzene rings is 2. The Morgan fingerprint density at radius 3 is 2.49 bits per heavy atom. The Kier molecular flexibility index (Phi) is 8.59. The van der Waals surface area contributed by atoms with E-state index in [-0.39, 0.29) is 13.0 Å². The van der Waals surface area contributed by atoms with Crippen molar-refractivity contribution >= 4 is 11.8 Å². The summed E-state index contributed by atoms with van der Waals surface area (Å²) in [5.41, 5.74) is 0.0772. The summed E-state index contributed by atoms with van der Waals surface area (Å²) >= 11 is 0. The number of amides is 2. The van der Waals surface area contributed by atoms with E-state index in [1.54, 1.807) is 26.3 Å². The van der Waals surface area contributed by atoms with Crippen molar-refractivity contribution < 1.29 is 29.3 Å². The number of aliphatic hydroxyl groups is 2. The molecule has 3 aromatic rings. The molecular formula is C27H30N4O8. The van der Waals surface area contributed by atoms with Gasteiger partial charge in [0, 0.05) is 32.3 Å². The monoisotopic (exact) mass is 538 g/mol. The van der Waals surface area contributed by atoms with E-state index in [2.05, 4.69) is 5.32 Å². The van der Waals surface area contributed by atoms with Crippen LogP contribution in [0.15, 0.2) is 76.4 Å². The second-order valence-corrected chi connectivity index (χ2v) is 9.24. The van der Waals surface area contributed by atoms with Crippen molar-refractivity contribution in [2.45, 2.75) is 43.5 Å². The molecule has 2 aromatic carbocycles. The molecule has 0 saturated carbocycles. The number of nitrogens with zero attached hydrogens (tertiary/aromatic N) is 2. The zero-order valence-corrected chi connectivity index (χ0v) is 21.4. The van der Waals surface area contributed by atoms with E-state index in [0.29, 0.717) is 5.75 Å². The lowest BCUT2D eigenvalue weighted by molar-refractivity contribution is -0.143. The smallest absolute Gasteiger partial charge is 0.330 e. The summed E-state index contributed by atoms with van der Waals surface area (Å²) in [6.45, 7) is 0.246. The van der Waals surface area contributed by atoms with Crippen LogP contribution in [0.2, 0.25) is 0 Å². The van der Waals surface area contributed by atoms with Gasteiger partial charge >= 0.3 is 5.69 Å². The molecular weight excluding hydrogens is 508 g/mol. The Labute approximate surface area is 223 Å². The standard InChI is InChI=1S/C27H30N4O8/c1-30(15-17-9-6-10-18(13-17)38-2)25(36)19(14-16-7-4-3-5-8-16)28-24(35)23-21(33)22(34)26(39-23)31-12-11-20(32)29-27(31)37/h3-13,19,21-23,26,33-34H,14-15H2,1-2H3,(H,28,35)(H,29,32,37)/t19-,21+,22-,23+,26-/m1/s1. The molecule has 5 atom stereocenters. The highest BCUT2D eigenvalue weighted by atomic mass is 16.6. The van der Waals surface area contributed by atoms with E-state index in [4.69, 9.17) is 9.47 Å². The van der Waals surface area contributed by atoms with Crippen molar-refractivity contribution in [1.82, 2.24) is 19.8 Å². The fourth-order valence-corrected chi connectivity index (χ4v) is 4.43. The van der Waals surface area contributed by atoms with Gasteiger partial charge in [-0.2, -0.15) is 0 Å². The van der Waals surface area contributed by atoms with Gasteiger partial charge in [-0.1, -0.05) is 42.5 Å². The van der Waals surface area contributed by atoms with Crippen molar-refractivity contribution in [3.63, 3.8) is 0 Å². The summed E-state index contributed by atoms with van der Waals surface area (Å²) in [7, 11) is 3.16. The number of nitrogens with one attached hydrogen (secondary N) is 2. The van der Waals surface area contributed by atoms with Gasteiger partial charge in [0.1, 0.15) is 24.0 Å². The minimum absolute atomic E-state index is 0.155. The number of hydrogen-bond donors (Lipinski definition) is 4. The number of carbonyl (C=O) groups excluding carboxylic acids is 2. The van der Waals surface area contributed by atoms with E-state index in [1.807, 2.05) is 47.4 Å². The maximum atomic E-state index is 13.5. The summed E-state index contributed by atoms with van der Waals surface area (Å²) in [6, 6.07) is 16.4. The largest absolute Gasteiger partial charge is 0.497 e. The predicted molar refractivity (Wildman–Crippen MR) is 139 cm³/mol. The van der Waals surface area contributed by atoms with Crippen molar-refractivity contribution in [3.8, 4) is 5.75 Å². The molecule has 0 bridgehead atoms. The summed E-state index contributed by atoms with van der Waals surface area (Å²) in [4.78, 5) is 53.8. The van der Waals surface area contributed by atoms with Crippen LogP contribution in [0.25, 0.3) is 0 Å². The second-order valence-electron chi connectivity index (χ2n) is 9.24.